The van der Waals surface area contributed by atoms with Gasteiger partial charge in [-0.1, -0.05) is 48.0 Å². The highest BCUT2D eigenvalue weighted by molar-refractivity contribution is 6.31. The highest BCUT2D eigenvalue weighted by Crippen LogP contribution is 2.38. The molecule has 0 aromatic heterocycles. The van der Waals surface area contributed by atoms with Crippen LogP contribution in [0.5, 0.6) is 5.75 Å². The van der Waals surface area contributed by atoms with Gasteiger partial charge in [0.05, 0.1) is 5.69 Å². The van der Waals surface area contributed by atoms with E-state index in [-0.39, 0.29) is 19.0 Å². The Kier molecular flexibility index (Phi) is 5.75. The van der Waals surface area contributed by atoms with Crippen molar-refractivity contribution in [3.63, 3.8) is 0 Å². The SMILES string of the molecule is C=CCN(Cc1ccccc1Cl)C(=O)C1(C)Oc2ccccc2N(CC)C1=O. The maximum atomic E-state index is 13.5. The summed E-state index contributed by atoms with van der Waals surface area (Å²) < 4.78 is 5.97. The van der Waals surface area contributed by atoms with Crippen molar-refractivity contribution in [3.8, 4) is 5.75 Å². The van der Waals surface area contributed by atoms with Crippen LogP contribution in [-0.4, -0.2) is 35.4 Å². The largest absolute Gasteiger partial charge is 0.465 e. The second-order valence-corrected chi connectivity index (χ2v) is 7.13. The van der Waals surface area contributed by atoms with Gasteiger partial charge in [0.15, 0.2) is 0 Å². The number of para-hydroxylation sites is 2. The minimum Gasteiger partial charge on any atom is -0.465 e. The summed E-state index contributed by atoms with van der Waals surface area (Å²) in [4.78, 5) is 29.8. The van der Waals surface area contributed by atoms with E-state index in [0.29, 0.717) is 23.0 Å². The predicted molar refractivity (Wildman–Crippen MR) is 111 cm³/mol. The van der Waals surface area contributed by atoms with Gasteiger partial charge in [-0.25, -0.2) is 0 Å². The van der Waals surface area contributed by atoms with E-state index in [4.69, 9.17) is 16.3 Å². The van der Waals surface area contributed by atoms with Gasteiger partial charge >= 0.3 is 0 Å². The number of benzene rings is 2. The van der Waals surface area contributed by atoms with Crippen LogP contribution < -0.4 is 9.64 Å². The minimum absolute atomic E-state index is 0.254. The molecular weight excluding hydrogens is 376 g/mol. The van der Waals surface area contributed by atoms with Gasteiger partial charge in [-0.2, -0.15) is 0 Å². The molecule has 1 heterocycles. The standard InChI is InChI=1S/C22H23ClN2O3/c1-4-14-24(15-16-10-6-7-11-17(16)23)20(26)22(3)21(27)25(5-2)18-12-8-9-13-19(18)28-22/h4,6-13H,1,5,14-15H2,2-3H3. The smallest absolute Gasteiger partial charge is 0.280 e. The molecule has 146 valence electrons. The number of anilines is 1. The van der Waals surface area contributed by atoms with Gasteiger partial charge in [-0.05, 0) is 37.6 Å². The molecule has 0 aliphatic carbocycles. The zero-order valence-corrected chi connectivity index (χ0v) is 16.8. The van der Waals surface area contributed by atoms with Crippen molar-refractivity contribution in [2.75, 3.05) is 18.0 Å². The Labute approximate surface area is 170 Å². The van der Waals surface area contributed by atoms with E-state index in [0.717, 1.165) is 5.56 Å². The van der Waals surface area contributed by atoms with Crippen LogP contribution in [0.4, 0.5) is 5.69 Å². The van der Waals surface area contributed by atoms with E-state index in [9.17, 15) is 9.59 Å². The molecule has 5 nitrogen and oxygen atoms in total. The third kappa shape index (κ3) is 3.50. The lowest BCUT2D eigenvalue weighted by Gasteiger charge is -2.41. The third-order valence-electron chi connectivity index (χ3n) is 4.80. The van der Waals surface area contributed by atoms with Crippen molar-refractivity contribution in [3.05, 3.63) is 71.8 Å². The molecule has 2 amide bonds. The zero-order chi connectivity index (χ0) is 20.3. The summed E-state index contributed by atoms with van der Waals surface area (Å²) in [5.41, 5.74) is -0.199. The molecule has 1 aliphatic rings. The molecular formula is C22H23ClN2O3. The number of ether oxygens (including phenoxy) is 1. The maximum Gasteiger partial charge on any atom is 0.280 e. The van der Waals surface area contributed by atoms with Crippen LogP contribution in [0.1, 0.15) is 19.4 Å². The minimum atomic E-state index is -1.66. The van der Waals surface area contributed by atoms with Crippen molar-refractivity contribution in [2.45, 2.75) is 26.0 Å². The van der Waals surface area contributed by atoms with Crippen LogP contribution in [0.3, 0.4) is 0 Å². The quantitative estimate of drug-likeness (QED) is 0.544. The summed E-state index contributed by atoms with van der Waals surface area (Å²) >= 11 is 6.26. The molecule has 0 saturated heterocycles. The third-order valence-corrected chi connectivity index (χ3v) is 5.17. The maximum absolute atomic E-state index is 13.5. The van der Waals surface area contributed by atoms with Gasteiger partial charge in [-0.15, -0.1) is 6.58 Å². The molecule has 3 rings (SSSR count). The van der Waals surface area contributed by atoms with Crippen molar-refractivity contribution in [2.24, 2.45) is 0 Å². The predicted octanol–water partition coefficient (Wildman–Crippen LogP) is 4.06. The lowest BCUT2D eigenvalue weighted by molar-refractivity contribution is -0.156. The molecule has 0 fully saturated rings. The number of carbonyl (C=O) groups is 2. The Morgan fingerprint density at radius 3 is 2.61 bits per heavy atom. The number of nitrogens with zero attached hydrogens (tertiary/aromatic N) is 2. The average Bonchev–Trinajstić information content (AvgIpc) is 2.69. The van der Waals surface area contributed by atoms with E-state index in [2.05, 4.69) is 6.58 Å². The molecule has 0 N–H and O–H groups in total. The van der Waals surface area contributed by atoms with Gasteiger partial charge in [0.2, 0.25) is 0 Å². The monoisotopic (exact) mass is 398 g/mol. The number of hydrogen-bond acceptors (Lipinski definition) is 3. The highest BCUT2D eigenvalue weighted by atomic mass is 35.5. The van der Waals surface area contributed by atoms with Crippen molar-refractivity contribution in [1.82, 2.24) is 4.90 Å². The Hall–Kier alpha value is -2.79. The van der Waals surface area contributed by atoms with E-state index in [1.54, 1.807) is 23.1 Å². The van der Waals surface area contributed by atoms with E-state index in [1.165, 1.54) is 11.8 Å². The molecule has 2 aromatic carbocycles. The van der Waals surface area contributed by atoms with Crippen LogP contribution in [-0.2, 0) is 16.1 Å². The summed E-state index contributed by atoms with van der Waals surface area (Å²) in [7, 11) is 0. The molecule has 6 heteroatoms. The molecule has 0 saturated carbocycles. The van der Waals surface area contributed by atoms with Gasteiger partial charge < -0.3 is 14.5 Å². The molecule has 1 aliphatic heterocycles. The van der Waals surface area contributed by atoms with Crippen molar-refractivity contribution < 1.29 is 14.3 Å². The molecule has 28 heavy (non-hydrogen) atoms. The first-order chi connectivity index (χ1) is 13.4. The first-order valence-electron chi connectivity index (χ1n) is 9.16. The van der Waals surface area contributed by atoms with Gasteiger partial charge in [-0.3, -0.25) is 9.59 Å². The van der Waals surface area contributed by atoms with Crippen molar-refractivity contribution in [1.29, 1.82) is 0 Å². The second-order valence-electron chi connectivity index (χ2n) is 6.72. The van der Waals surface area contributed by atoms with Crippen LogP contribution >= 0.6 is 11.6 Å². The van der Waals surface area contributed by atoms with Crippen LogP contribution in [0.15, 0.2) is 61.2 Å². The van der Waals surface area contributed by atoms with Crippen LogP contribution in [0, 0.1) is 0 Å². The highest BCUT2D eigenvalue weighted by Gasteiger charge is 2.51. The summed E-state index contributed by atoms with van der Waals surface area (Å²) in [5, 5.41) is 0.561. The number of rotatable bonds is 6. The summed E-state index contributed by atoms with van der Waals surface area (Å²) in [6, 6.07) is 14.5. The van der Waals surface area contributed by atoms with E-state index < -0.39 is 11.5 Å². The molecule has 1 unspecified atom stereocenters. The fourth-order valence-electron chi connectivity index (χ4n) is 3.36. The summed E-state index contributed by atoms with van der Waals surface area (Å²) in [5.74, 6) is -0.298. The number of likely N-dealkylation sites (N-methyl/N-ethyl adjacent to an activating group) is 1. The number of halogens is 1. The average molecular weight is 399 g/mol. The molecule has 0 bridgehead atoms. The molecule has 0 spiro atoms. The Bertz CT molecular complexity index is 914. The van der Waals surface area contributed by atoms with Crippen LogP contribution in [0.2, 0.25) is 5.02 Å². The lowest BCUT2D eigenvalue weighted by Crippen LogP contribution is -2.62. The fourth-order valence-corrected chi connectivity index (χ4v) is 3.55. The summed E-state index contributed by atoms with van der Waals surface area (Å²) in [6.45, 7) is 8.10. The molecule has 1 atom stereocenters. The second kappa shape index (κ2) is 8.07. The van der Waals surface area contributed by atoms with Crippen molar-refractivity contribution >= 4 is 29.1 Å². The number of carbonyl (C=O) groups excluding carboxylic acids is 2. The Balaban J connectivity index is 1.97. The zero-order valence-electron chi connectivity index (χ0n) is 16.0. The van der Waals surface area contributed by atoms with Crippen LogP contribution in [0.25, 0.3) is 0 Å². The first kappa shape index (κ1) is 20.0. The lowest BCUT2D eigenvalue weighted by atomic mass is 9.98. The number of amides is 2. The van der Waals surface area contributed by atoms with E-state index in [1.807, 2.05) is 43.3 Å². The molecule has 0 radical (unpaired) electrons. The Morgan fingerprint density at radius 1 is 1.25 bits per heavy atom. The normalized spacial score (nSPS) is 18.2. The first-order valence-corrected chi connectivity index (χ1v) is 9.53. The molecule has 2 aromatic rings. The number of fused-ring (bicyclic) bond motifs is 1. The van der Waals surface area contributed by atoms with E-state index >= 15 is 0 Å². The topological polar surface area (TPSA) is 49.9 Å². The van der Waals surface area contributed by atoms with Gasteiger partial charge in [0.1, 0.15) is 5.75 Å². The summed E-state index contributed by atoms with van der Waals surface area (Å²) in [6.07, 6.45) is 1.62. The van der Waals surface area contributed by atoms with Gasteiger partial charge in [0, 0.05) is 24.7 Å². The fraction of sp³-hybridized carbons (Fsp3) is 0.273. The van der Waals surface area contributed by atoms with Gasteiger partial charge in [0.25, 0.3) is 17.4 Å². The number of hydrogen-bond donors (Lipinski definition) is 0. The Morgan fingerprint density at radius 2 is 1.93 bits per heavy atom.